The second kappa shape index (κ2) is 5.23. The van der Waals surface area contributed by atoms with Crippen molar-refractivity contribution >= 4 is 21.7 Å². The number of nitrogens with zero attached hydrogens (tertiary/aromatic N) is 1. The van der Waals surface area contributed by atoms with Crippen molar-refractivity contribution in [2.45, 2.75) is 44.9 Å². The third-order valence-corrected chi connectivity index (χ3v) is 5.18. The zero-order chi connectivity index (χ0) is 14.1. The maximum absolute atomic E-state index is 12.1. The van der Waals surface area contributed by atoms with Crippen LogP contribution >= 0.6 is 0 Å². The highest BCUT2D eigenvalue weighted by molar-refractivity contribution is 7.90. The minimum atomic E-state index is -3.15. The summed E-state index contributed by atoms with van der Waals surface area (Å²) in [5.74, 6) is -0.527. The van der Waals surface area contributed by atoms with Crippen LogP contribution in [0.3, 0.4) is 0 Å². The van der Waals surface area contributed by atoms with Crippen LogP contribution in [0.4, 0.5) is 0 Å². The van der Waals surface area contributed by atoms with E-state index in [0.29, 0.717) is 12.8 Å². The highest BCUT2D eigenvalue weighted by Crippen LogP contribution is 2.45. The number of carbonyl (C=O) groups excluding carboxylic acids is 2. The minimum absolute atomic E-state index is 0.00653. The molecule has 0 aromatic rings. The highest BCUT2D eigenvalue weighted by Gasteiger charge is 2.43. The zero-order valence-electron chi connectivity index (χ0n) is 11.4. The Morgan fingerprint density at radius 1 is 1.05 bits per heavy atom. The molecular weight excluding hydrogens is 266 g/mol. The van der Waals surface area contributed by atoms with Gasteiger partial charge in [-0.1, -0.05) is 19.3 Å². The maximum atomic E-state index is 12.1. The van der Waals surface area contributed by atoms with Crippen LogP contribution in [0.2, 0.25) is 0 Å². The van der Waals surface area contributed by atoms with Crippen molar-refractivity contribution < 1.29 is 18.0 Å². The molecule has 0 aromatic heterocycles. The van der Waals surface area contributed by atoms with E-state index < -0.39 is 9.84 Å². The molecule has 2 fully saturated rings. The first-order valence-corrected chi connectivity index (χ1v) is 8.88. The molecule has 1 saturated carbocycles. The Labute approximate surface area is 114 Å². The number of imide groups is 1. The highest BCUT2D eigenvalue weighted by atomic mass is 32.2. The smallest absolute Gasteiger partial charge is 0.229 e. The van der Waals surface area contributed by atoms with E-state index >= 15 is 0 Å². The standard InChI is InChI=1S/C13H21NO4S/c1-19(17,18)8-7-14-11(15)9-13(10-12(14)16)5-3-2-4-6-13/h2-10H2,1H3. The van der Waals surface area contributed by atoms with Gasteiger partial charge in [0.15, 0.2) is 0 Å². The predicted molar refractivity (Wildman–Crippen MR) is 71.2 cm³/mol. The normalized spacial score (nSPS) is 23.9. The van der Waals surface area contributed by atoms with E-state index in [1.807, 2.05) is 0 Å². The van der Waals surface area contributed by atoms with E-state index in [1.54, 1.807) is 0 Å². The number of carbonyl (C=O) groups is 2. The summed E-state index contributed by atoms with van der Waals surface area (Å²) < 4.78 is 22.3. The lowest BCUT2D eigenvalue weighted by molar-refractivity contribution is -0.154. The number of hydrogen-bond donors (Lipinski definition) is 0. The monoisotopic (exact) mass is 287 g/mol. The van der Waals surface area contributed by atoms with Gasteiger partial charge in [-0.2, -0.15) is 0 Å². The van der Waals surface area contributed by atoms with E-state index in [1.165, 1.54) is 6.42 Å². The molecule has 2 amide bonds. The molecule has 5 nitrogen and oxygen atoms in total. The van der Waals surface area contributed by atoms with E-state index in [2.05, 4.69) is 0 Å². The van der Waals surface area contributed by atoms with Gasteiger partial charge in [-0.3, -0.25) is 14.5 Å². The summed E-state index contributed by atoms with van der Waals surface area (Å²) in [5, 5.41) is 0. The van der Waals surface area contributed by atoms with Gasteiger partial charge in [0.05, 0.1) is 5.75 Å². The van der Waals surface area contributed by atoms with Crippen molar-refractivity contribution in [3.8, 4) is 0 Å². The average molecular weight is 287 g/mol. The molecule has 2 aliphatic rings. The molecule has 0 N–H and O–H groups in total. The number of sulfone groups is 1. The Balaban J connectivity index is 2.02. The minimum Gasteiger partial charge on any atom is -0.282 e. The molecule has 0 unspecified atom stereocenters. The molecule has 1 heterocycles. The molecule has 0 radical (unpaired) electrons. The first kappa shape index (κ1) is 14.5. The Morgan fingerprint density at radius 2 is 1.58 bits per heavy atom. The molecule has 108 valence electrons. The lowest BCUT2D eigenvalue weighted by atomic mass is 9.67. The number of rotatable bonds is 3. The lowest BCUT2D eigenvalue weighted by Gasteiger charge is -2.42. The molecule has 0 atom stereocenters. The zero-order valence-corrected chi connectivity index (χ0v) is 12.2. The summed E-state index contributed by atoms with van der Waals surface area (Å²) in [7, 11) is -3.15. The molecule has 1 spiro atoms. The van der Waals surface area contributed by atoms with Crippen LogP contribution in [0.1, 0.15) is 44.9 Å². The number of amides is 2. The average Bonchev–Trinajstić information content (AvgIpc) is 2.27. The van der Waals surface area contributed by atoms with Crippen molar-refractivity contribution in [3.05, 3.63) is 0 Å². The van der Waals surface area contributed by atoms with Gasteiger partial charge in [0.1, 0.15) is 9.84 Å². The molecule has 6 heteroatoms. The Bertz CT molecular complexity index is 457. The van der Waals surface area contributed by atoms with Crippen LogP contribution in [-0.4, -0.2) is 43.7 Å². The predicted octanol–water partition coefficient (Wildman–Crippen LogP) is 1.13. The maximum Gasteiger partial charge on any atom is 0.229 e. The Hall–Kier alpha value is -0.910. The SMILES string of the molecule is CS(=O)(=O)CCN1C(=O)CC2(CCCCC2)CC1=O. The van der Waals surface area contributed by atoms with E-state index in [4.69, 9.17) is 0 Å². The molecule has 0 aromatic carbocycles. The molecule has 2 rings (SSSR count). The Morgan fingerprint density at radius 3 is 2.05 bits per heavy atom. The van der Waals surface area contributed by atoms with Crippen LogP contribution in [0, 0.1) is 5.41 Å². The van der Waals surface area contributed by atoms with E-state index in [0.717, 1.165) is 36.8 Å². The summed E-state index contributed by atoms with van der Waals surface area (Å²) in [5.41, 5.74) is -0.131. The van der Waals surface area contributed by atoms with Gasteiger partial charge < -0.3 is 0 Å². The molecule has 0 bridgehead atoms. The number of hydrogen-bond acceptors (Lipinski definition) is 4. The number of piperidine rings is 1. The van der Waals surface area contributed by atoms with Crippen LogP contribution in [0.15, 0.2) is 0 Å². The van der Waals surface area contributed by atoms with Crippen LogP contribution in [-0.2, 0) is 19.4 Å². The number of likely N-dealkylation sites (tertiary alicyclic amines) is 1. The molecule has 1 saturated heterocycles. The second-order valence-corrected chi connectivity index (χ2v) is 8.24. The summed E-state index contributed by atoms with van der Waals surface area (Å²) in [6.07, 6.45) is 7.18. The van der Waals surface area contributed by atoms with Crippen LogP contribution in [0.5, 0.6) is 0 Å². The third kappa shape index (κ3) is 3.55. The van der Waals surface area contributed by atoms with Crippen LogP contribution in [0.25, 0.3) is 0 Å². The van der Waals surface area contributed by atoms with E-state index in [9.17, 15) is 18.0 Å². The van der Waals surface area contributed by atoms with Crippen molar-refractivity contribution in [2.24, 2.45) is 5.41 Å². The largest absolute Gasteiger partial charge is 0.282 e. The van der Waals surface area contributed by atoms with Gasteiger partial charge in [0, 0.05) is 25.6 Å². The topological polar surface area (TPSA) is 71.5 Å². The fourth-order valence-corrected chi connectivity index (χ4v) is 3.71. The fourth-order valence-electron chi connectivity index (χ4n) is 3.20. The van der Waals surface area contributed by atoms with Crippen molar-refractivity contribution in [1.82, 2.24) is 4.90 Å². The van der Waals surface area contributed by atoms with Gasteiger partial charge in [-0.25, -0.2) is 8.42 Å². The molecular formula is C13H21NO4S. The van der Waals surface area contributed by atoms with Gasteiger partial charge in [-0.05, 0) is 18.3 Å². The second-order valence-electron chi connectivity index (χ2n) is 5.98. The van der Waals surface area contributed by atoms with E-state index in [-0.39, 0.29) is 29.5 Å². The van der Waals surface area contributed by atoms with Crippen LogP contribution < -0.4 is 0 Å². The van der Waals surface area contributed by atoms with Crippen molar-refractivity contribution in [2.75, 3.05) is 18.6 Å². The summed E-state index contributed by atoms with van der Waals surface area (Å²) in [4.78, 5) is 25.4. The first-order chi connectivity index (χ1) is 8.81. The van der Waals surface area contributed by atoms with Crippen molar-refractivity contribution in [3.63, 3.8) is 0 Å². The quantitative estimate of drug-likeness (QED) is 0.730. The first-order valence-electron chi connectivity index (χ1n) is 6.82. The molecule has 19 heavy (non-hydrogen) atoms. The Kier molecular flexibility index (Phi) is 3.99. The third-order valence-electron chi connectivity index (χ3n) is 4.25. The lowest BCUT2D eigenvalue weighted by Crippen LogP contribution is -2.49. The summed E-state index contributed by atoms with van der Waals surface area (Å²) in [6.45, 7) is 0.00653. The van der Waals surface area contributed by atoms with Gasteiger partial charge in [0.2, 0.25) is 11.8 Å². The van der Waals surface area contributed by atoms with Gasteiger partial charge in [-0.15, -0.1) is 0 Å². The summed E-state index contributed by atoms with van der Waals surface area (Å²) in [6, 6.07) is 0. The molecule has 1 aliphatic heterocycles. The van der Waals surface area contributed by atoms with Gasteiger partial charge >= 0.3 is 0 Å². The van der Waals surface area contributed by atoms with Crippen molar-refractivity contribution in [1.29, 1.82) is 0 Å². The van der Waals surface area contributed by atoms with Gasteiger partial charge in [0.25, 0.3) is 0 Å². The molecule has 1 aliphatic carbocycles. The fraction of sp³-hybridized carbons (Fsp3) is 0.846. The summed E-state index contributed by atoms with van der Waals surface area (Å²) >= 11 is 0.